The molecule has 14 N–H and O–H groups in total. The molecule has 4 aromatic heterocycles. The van der Waals surface area contributed by atoms with Crippen LogP contribution in [0.4, 0.5) is 23.3 Å². The second-order valence-corrected chi connectivity index (χ2v) is 25.6. The zero-order chi connectivity index (χ0) is 73.7. The van der Waals surface area contributed by atoms with E-state index in [0.717, 1.165) is 32.6 Å². The molecule has 100 heavy (non-hydrogen) atoms. The molecule has 0 bridgehead atoms. The maximum absolute atomic E-state index is 11.7. The number of carbonyl (C=O) groups excluding carboxylic acids is 9. The highest BCUT2D eigenvalue weighted by atomic mass is 35.5. The van der Waals surface area contributed by atoms with E-state index in [1.807, 2.05) is 0 Å². The van der Waals surface area contributed by atoms with Crippen molar-refractivity contribution in [1.82, 2.24) is 39.1 Å². The topological polar surface area (TPSA) is 560 Å². The maximum atomic E-state index is 11.7. The number of rotatable bonds is 15. The molecular weight excluding hydrogens is 1350 g/mol. The molecular formula is C63H86Cl2N20O15. The summed E-state index contributed by atoms with van der Waals surface area (Å²) in [7, 11) is 0. The smallest absolute Gasteiger partial charge is 0.300 e. The highest BCUT2D eigenvalue weighted by Gasteiger charge is 2.50. The number of halogens is 2. The number of nitrogens with one attached hydrogen (secondary N) is 3. The Hall–Kier alpha value is -9.88. The first-order chi connectivity index (χ1) is 46.6. The van der Waals surface area contributed by atoms with Crippen molar-refractivity contribution in [3.05, 3.63) is 47.0 Å². The number of nitrogens with zero attached hydrogens (tertiary/aromatic N) is 12. The van der Waals surface area contributed by atoms with E-state index < -0.39 is 63.3 Å². The number of carboxylic acid groups (broad SMARTS) is 1. The zero-order valence-corrected chi connectivity index (χ0v) is 58.1. The molecule has 0 radical (unpaired) electrons. The third kappa shape index (κ3) is 21.6. The summed E-state index contributed by atoms with van der Waals surface area (Å²) in [5, 5.41) is 68.5. The number of primary amides is 4. The van der Waals surface area contributed by atoms with E-state index in [-0.39, 0.29) is 106 Å². The Morgan fingerprint density at radius 3 is 1.00 bits per heavy atom. The van der Waals surface area contributed by atoms with Crippen molar-refractivity contribution in [3.63, 3.8) is 0 Å². The van der Waals surface area contributed by atoms with Crippen LogP contribution in [0.2, 0.25) is 0 Å². The second-order valence-electron chi connectivity index (χ2n) is 25.0. The number of nitrogen functional groups attached to an aromatic ring is 1. The normalized spacial score (nSPS) is 20.8. The summed E-state index contributed by atoms with van der Waals surface area (Å²) in [5.41, 5.74) is 25.5. The predicted molar refractivity (Wildman–Crippen MR) is 358 cm³/mol. The Bertz CT molecular complexity index is 3760. The summed E-state index contributed by atoms with van der Waals surface area (Å²) in [6.07, 6.45) is 17.6. The average molecular weight is 1430 g/mol. The first-order valence-electron chi connectivity index (χ1n) is 31.7. The van der Waals surface area contributed by atoms with Gasteiger partial charge < -0.3 is 68.7 Å². The van der Waals surface area contributed by atoms with E-state index in [1.165, 1.54) is 44.8 Å². The first-order valence-corrected chi connectivity index (χ1v) is 32.1. The molecule has 4 aliphatic carbocycles. The summed E-state index contributed by atoms with van der Waals surface area (Å²) in [5.74, 6) is -4.41. The van der Waals surface area contributed by atoms with Crippen molar-refractivity contribution in [1.29, 1.82) is 21.0 Å². The van der Waals surface area contributed by atoms with Gasteiger partial charge in [0.15, 0.2) is 34.8 Å². The number of Topliss-reactive ketones (excluding diaryl/α,β-unsaturated/α-hetero) is 1. The van der Waals surface area contributed by atoms with Gasteiger partial charge in [0.25, 0.3) is 29.6 Å². The van der Waals surface area contributed by atoms with Gasteiger partial charge in [-0.1, -0.05) is 6.92 Å². The summed E-state index contributed by atoms with van der Waals surface area (Å²) in [6.45, 7) is 10.9. The van der Waals surface area contributed by atoms with Crippen molar-refractivity contribution in [2.24, 2.45) is 28.9 Å². The predicted octanol–water partition coefficient (Wildman–Crippen LogP) is 5.09. The molecule has 4 saturated carbocycles. The number of hydrogen-bond acceptors (Lipinski definition) is 23. The Morgan fingerprint density at radius 2 is 0.750 bits per heavy atom. The fourth-order valence-electron chi connectivity index (χ4n) is 12.6. The Kier molecular flexibility index (Phi) is 29.9. The highest BCUT2D eigenvalue weighted by Crippen LogP contribution is 2.48. The van der Waals surface area contributed by atoms with Crippen LogP contribution in [0.25, 0.3) is 0 Å². The van der Waals surface area contributed by atoms with E-state index in [2.05, 4.69) is 79.1 Å². The number of nitrogens with two attached hydrogens (primary N) is 5. The van der Waals surface area contributed by atoms with Gasteiger partial charge in [-0.05, 0) is 81.7 Å². The fourth-order valence-corrected chi connectivity index (χ4v) is 12.6. The number of aliphatic carboxylic acids is 1. The number of ketones is 1. The summed E-state index contributed by atoms with van der Waals surface area (Å²) >= 11 is 4.64. The van der Waals surface area contributed by atoms with Crippen molar-refractivity contribution in [3.8, 4) is 24.3 Å². The molecule has 37 heteroatoms. The van der Waals surface area contributed by atoms with Crippen molar-refractivity contribution < 1.29 is 72.0 Å². The number of carbonyl (C=O) groups is 10. The van der Waals surface area contributed by atoms with Crippen LogP contribution in [0.15, 0.2) is 24.8 Å². The van der Waals surface area contributed by atoms with Gasteiger partial charge in [0.2, 0.25) is 23.0 Å². The lowest BCUT2D eigenvalue weighted by atomic mass is 9.75. The van der Waals surface area contributed by atoms with E-state index in [0.29, 0.717) is 116 Å². The molecule has 2 spiro atoms. The van der Waals surface area contributed by atoms with Crippen LogP contribution in [0.1, 0.15) is 211 Å². The molecule has 0 unspecified atom stereocenters. The van der Waals surface area contributed by atoms with Crippen molar-refractivity contribution in [2.45, 2.75) is 204 Å². The number of hydrogen-bond donors (Lipinski definition) is 9. The summed E-state index contributed by atoms with van der Waals surface area (Å²) in [4.78, 5) is 110. The van der Waals surface area contributed by atoms with Crippen molar-refractivity contribution >= 4 is 106 Å². The molecule has 10 rings (SSSR count). The van der Waals surface area contributed by atoms with E-state index >= 15 is 0 Å². The van der Waals surface area contributed by atoms with Gasteiger partial charge in [-0.2, -0.15) is 41.4 Å². The number of anilines is 4. The fraction of sp³-hybridized carbons (Fsp3) is 0.587. The molecule has 542 valence electrons. The Labute approximate surface area is 587 Å². The van der Waals surface area contributed by atoms with Gasteiger partial charge in [-0.3, -0.25) is 66.7 Å². The number of nitriles is 4. The Balaban J connectivity index is 0.000000272. The average Bonchev–Trinajstić information content (AvgIpc) is 1.58. The minimum atomic E-state index is -0.833. The monoisotopic (exact) mass is 1430 g/mol. The molecule has 6 aliphatic rings. The molecule has 0 atom stereocenters. The standard InChI is InChI=1S/C16H21N5O4.C15H21N5O2.C14H19N5O3.C14H17N5O3.C2H3ClO.C2H4O2.ClH/c1-11(22)19-14-12(13(18)23)10-21(20-14)15(6-7-17)2-4-16(5-3-15)24-8-9-25-16;1-10-3-5-15(6-4-10,7-8-16)20-9-12(13(17)22)14(19-20)18-11(2)21;15-6-5-13(19-9-10(12(17)20)11(16)18-19)1-3-14(4-2-13)21-7-8-22-14;1-9(20)17-13-11(12(16)22)8-19(18-13)14(6-7-15)4-2-10(21)3-5-14;2*1-2(3)4;/h10H,2-6,8-9H2,1H3,(H2,18,23)(H,19,20,22);9-10H,3-7H2,1-2H3,(H2,17,22)(H,18,19,21);9H,1-5,7-8H2,(H2,16,18)(H2,17,20);8H,2-6H2,1H3,(H2,16,22)(H,17,18,20);1H3;1H3,(H,3,4);1H. The molecule has 6 fully saturated rings. The number of carboxylic acids is 1. The largest absolute Gasteiger partial charge is 0.481 e. The van der Waals surface area contributed by atoms with Crippen LogP contribution in [0.3, 0.4) is 0 Å². The molecule has 0 aromatic carbocycles. The lowest BCUT2D eigenvalue weighted by Gasteiger charge is -2.42. The van der Waals surface area contributed by atoms with Gasteiger partial charge >= 0.3 is 0 Å². The highest BCUT2D eigenvalue weighted by molar-refractivity contribution is 6.62. The van der Waals surface area contributed by atoms with Crippen LogP contribution < -0.4 is 44.6 Å². The number of amides is 7. The van der Waals surface area contributed by atoms with Gasteiger partial charge in [0.05, 0.1) is 98.5 Å². The third-order valence-electron chi connectivity index (χ3n) is 17.9. The van der Waals surface area contributed by atoms with Crippen LogP contribution in [0, 0.1) is 51.2 Å². The van der Waals surface area contributed by atoms with Crippen molar-refractivity contribution in [2.75, 3.05) is 48.1 Å². The van der Waals surface area contributed by atoms with Gasteiger partial charge in [0, 0.05) is 97.9 Å². The minimum Gasteiger partial charge on any atom is -0.481 e. The zero-order valence-electron chi connectivity index (χ0n) is 56.6. The lowest BCUT2D eigenvalue weighted by Crippen LogP contribution is -2.45. The second kappa shape index (κ2) is 36.3. The SMILES string of the molecule is CC(=O)Cl.CC(=O)Nc1nn(C2(CC#N)CCC(=O)CC2)cc1C(N)=O.CC(=O)Nc1nn(C2(CC#N)CCC(C)CC2)cc1C(N)=O.CC(=O)Nc1nn(C2(CC#N)CCC3(CC2)OCCO3)cc1C(N)=O.CC(=O)O.Cl.N#CCC1(n2cc(C(N)=O)c(N)n2)CCC2(CC1)OCCO2. The molecule has 2 aliphatic heterocycles. The summed E-state index contributed by atoms with van der Waals surface area (Å²) < 4.78 is 29.3. The quantitative estimate of drug-likeness (QED) is 0.0699. The van der Waals surface area contributed by atoms with Crippen LogP contribution >= 0.6 is 24.0 Å². The van der Waals surface area contributed by atoms with Gasteiger partial charge in [-0.15, -0.1) is 12.4 Å². The molecule has 2 saturated heterocycles. The molecule has 35 nitrogen and oxygen atoms in total. The van der Waals surface area contributed by atoms with Crippen LogP contribution in [0.5, 0.6) is 0 Å². The van der Waals surface area contributed by atoms with Crippen LogP contribution in [-0.2, 0) is 69.9 Å². The summed E-state index contributed by atoms with van der Waals surface area (Å²) in [6, 6.07) is 8.76. The first kappa shape index (κ1) is 82.5. The van der Waals surface area contributed by atoms with Crippen LogP contribution in [-0.4, -0.2) is 141 Å². The number of aromatic nitrogens is 8. The minimum absolute atomic E-state index is 0. The van der Waals surface area contributed by atoms with E-state index in [4.69, 9.17) is 62.8 Å². The Morgan fingerprint density at radius 1 is 0.500 bits per heavy atom. The van der Waals surface area contributed by atoms with Gasteiger partial charge in [0.1, 0.15) is 28.0 Å². The molecule has 6 heterocycles. The lowest BCUT2D eigenvalue weighted by molar-refractivity contribution is -0.190. The van der Waals surface area contributed by atoms with E-state index in [9.17, 15) is 58.9 Å². The van der Waals surface area contributed by atoms with Gasteiger partial charge in [-0.25, -0.2) is 0 Å². The molecule has 4 aromatic rings. The number of ether oxygens (including phenoxy) is 4. The van der Waals surface area contributed by atoms with E-state index in [1.54, 1.807) is 26.4 Å². The maximum Gasteiger partial charge on any atom is 0.300 e. The molecule has 7 amide bonds. The third-order valence-corrected chi connectivity index (χ3v) is 17.9.